The first kappa shape index (κ1) is 17.6. The molecule has 5 nitrogen and oxygen atoms in total. The molecule has 0 aliphatic rings. The molecule has 0 fully saturated rings. The monoisotopic (exact) mass is 314 g/mol. The van der Waals surface area contributed by atoms with Gasteiger partial charge in [0.15, 0.2) is 0 Å². The maximum Gasteiger partial charge on any atom is 0.241 e. The van der Waals surface area contributed by atoms with Crippen molar-refractivity contribution in [3.63, 3.8) is 0 Å². The average molecular weight is 314 g/mol. The number of hydrogen-bond acceptors (Lipinski definition) is 4. The van der Waals surface area contributed by atoms with Crippen LogP contribution in [0.25, 0.3) is 0 Å². The molecule has 0 heterocycles. The van der Waals surface area contributed by atoms with Crippen molar-refractivity contribution < 1.29 is 17.5 Å². The van der Waals surface area contributed by atoms with E-state index in [4.69, 9.17) is 10.00 Å². The highest BCUT2D eigenvalue weighted by Gasteiger charge is 2.20. The summed E-state index contributed by atoms with van der Waals surface area (Å²) in [6, 6.07) is 5.11. The number of ether oxygens (including phenoxy) is 1. The molecule has 0 unspecified atom stereocenters. The Labute approximate surface area is 124 Å². The largest absolute Gasteiger partial charge is 0.379 e. The van der Waals surface area contributed by atoms with E-state index in [2.05, 4.69) is 4.72 Å². The van der Waals surface area contributed by atoms with Crippen molar-refractivity contribution in [2.24, 2.45) is 0 Å². The van der Waals surface area contributed by atoms with E-state index in [9.17, 15) is 12.8 Å². The molecule has 0 amide bonds. The van der Waals surface area contributed by atoms with Gasteiger partial charge in [-0.2, -0.15) is 5.26 Å². The van der Waals surface area contributed by atoms with E-state index < -0.39 is 21.4 Å². The van der Waals surface area contributed by atoms with Gasteiger partial charge in [-0.3, -0.25) is 0 Å². The van der Waals surface area contributed by atoms with Gasteiger partial charge in [-0.25, -0.2) is 17.5 Å². The van der Waals surface area contributed by atoms with Gasteiger partial charge in [0, 0.05) is 13.2 Å². The number of rotatable bonds is 8. The zero-order valence-corrected chi connectivity index (χ0v) is 12.9. The molecule has 0 aromatic heterocycles. The van der Waals surface area contributed by atoms with E-state index in [0.717, 1.165) is 12.5 Å². The van der Waals surface area contributed by atoms with Crippen LogP contribution >= 0.6 is 0 Å². The van der Waals surface area contributed by atoms with E-state index in [1.54, 1.807) is 6.07 Å². The average Bonchev–Trinajstić information content (AvgIpc) is 2.42. The Bertz CT molecular complexity index is 609. The van der Waals surface area contributed by atoms with Gasteiger partial charge in [-0.1, -0.05) is 6.07 Å². The highest BCUT2D eigenvalue weighted by molar-refractivity contribution is 7.89. The molecular formula is C14H19FN2O3S. The highest BCUT2D eigenvalue weighted by atomic mass is 32.2. The maximum absolute atomic E-state index is 13.4. The fraction of sp³-hybridized carbons (Fsp3) is 0.500. The standard InChI is InChI=1S/C14H19FN2O3S/c1-11(2)20-9-4-3-8-17-21(18,19)14-7-5-6-13(15)12(14)10-16/h5-7,11,17H,3-4,8-9H2,1-2H3. The highest BCUT2D eigenvalue weighted by Crippen LogP contribution is 2.17. The fourth-order valence-electron chi connectivity index (χ4n) is 1.67. The van der Waals surface area contributed by atoms with Crippen LogP contribution in [0.15, 0.2) is 23.1 Å². The number of halogens is 1. The second-order valence-corrected chi connectivity index (χ2v) is 6.48. The van der Waals surface area contributed by atoms with Gasteiger partial charge >= 0.3 is 0 Å². The smallest absolute Gasteiger partial charge is 0.241 e. The molecule has 0 atom stereocenters. The van der Waals surface area contributed by atoms with Crippen molar-refractivity contribution in [2.45, 2.75) is 37.7 Å². The lowest BCUT2D eigenvalue weighted by atomic mass is 10.2. The summed E-state index contributed by atoms with van der Waals surface area (Å²) < 4.78 is 45.2. The molecule has 7 heteroatoms. The van der Waals surface area contributed by atoms with E-state index in [1.165, 1.54) is 12.1 Å². The van der Waals surface area contributed by atoms with Crippen molar-refractivity contribution in [2.75, 3.05) is 13.2 Å². The molecule has 21 heavy (non-hydrogen) atoms. The second-order valence-electron chi connectivity index (χ2n) is 4.75. The Hall–Kier alpha value is -1.49. The van der Waals surface area contributed by atoms with Crippen LogP contribution in [0.4, 0.5) is 4.39 Å². The van der Waals surface area contributed by atoms with Crippen LogP contribution in [-0.2, 0) is 14.8 Å². The Kier molecular flexibility index (Phi) is 6.75. The molecule has 1 rings (SSSR count). The molecule has 116 valence electrons. The predicted molar refractivity (Wildman–Crippen MR) is 76.6 cm³/mol. The van der Waals surface area contributed by atoms with E-state index in [-0.39, 0.29) is 17.5 Å². The van der Waals surface area contributed by atoms with Crippen LogP contribution in [-0.4, -0.2) is 27.7 Å². The number of nitrogens with zero attached hydrogens (tertiary/aromatic N) is 1. The zero-order valence-electron chi connectivity index (χ0n) is 12.1. The van der Waals surface area contributed by atoms with Crippen molar-refractivity contribution in [1.29, 1.82) is 5.26 Å². The summed E-state index contributed by atoms with van der Waals surface area (Å²) in [5.41, 5.74) is -0.465. The Morgan fingerprint density at radius 2 is 2.10 bits per heavy atom. The van der Waals surface area contributed by atoms with Gasteiger partial charge in [0.2, 0.25) is 10.0 Å². The first-order chi connectivity index (χ1) is 9.88. The predicted octanol–water partition coefficient (Wildman–Crippen LogP) is 2.18. The number of nitrogens with one attached hydrogen (secondary N) is 1. The second kappa shape index (κ2) is 8.08. The molecule has 0 aliphatic heterocycles. The molecule has 0 bridgehead atoms. The van der Waals surface area contributed by atoms with Crippen LogP contribution in [0, 0.1) is 17.1 Å². The first-order valence-electron chi connectivity index (χ1n) is 6.68. The van der Waals surface area contributed by atoms with Crippen LogP contribution in [0.1, 0.15) is 32.3 Å². The summed E-state index contributed by atoms with van der Waals surface area (Å²) in [6.07, 6.45) is 1.46. The minimum absolute atomic E-state index is 0.146. The minimum Gasteiger partial charge on any atom is -0.379 e. The van der Waals surface area contributed by atoms with E-state index >= 15 is 0 Å². The summed E-state index contributed by atoms with van der Waals surface area (Å²) in [4.78, 5) is -0.330. The summed E-state index contributed by atoms with van der Waals surface area (Å²) in [7, 11) is -3.88. The molecule has 0 radical (unpaired) electrons. The lowest BCUT2D eigenvalue weighted by molar-refractivity contribution is 0.0762. The van der Waals surface area contributed by atoms with E-state index in [1.807, 2.05) is 13.8 Å². The van der Waals surface area contributed by atoms with Crippen LogP contribution in [0.2, 0.25) is 0 Å². The molecular weight excluding hydrogens is 295 g/mol. The van der Waals surface area contributed by atoms with Gasteiger partial charge in [-0.15, -0.1) is 0 Å². The number of unbranched alkanes of at least 4 members (excludes halogenated alkanes) is 1. The molecule has 0 saturated carbocycles. The molecule has 0 saturated heterocycles. The quantitative estimate of drug-likeness (QED) is 0.746. The fourth-order valence-corrected chi connectivity index (χ4v) is 2.91. The van der Waals surface area contributed by atoms with Crippen LogP contribution < -0.4 is 4.72 Å². The zero-order chi connectivity index (χ0) is 15.9. The molecule has 1 aromatic carbocycles. The van der Waals surface area contributed by atoms with Gasteiger partial charge in [0.25, 0.3) is 0 Å². The Balaban J connectivity index is 2.59. The third-order valence-electron chi connectivity index (χ3n) is 2.69. The van der Waals surface area contributed by atoms with Crippen molar-refractivity contribution >= 4 is 10.0 Å². The SMILES string of the molecule is CC(C)OCCCCNS(=O)(=O)c1cccc(F)c1C#N. The van der Waals surface area contributed by atoms with Crippen molar-refractivity contribution in [3.05, 3.63) is 29.6 Å². The van der Waals surface area contributed by atoms with Crippen LogP contribution in [0.5, 0.6) is 0 Å². The van der Waals surface area contributed by atoms with Crippen LogP contribution in [0.3, 0.4) is 0 Å². The van der Waals surface area contributed by atoms with Gasteiger partial charge < -0.3 is 4.74 Å². The number of benzene rings is 1. The lowest BCUT2D eigenvalue weighted by Crippen LogP contribution is -2.26. The molecule has 1 aromatic rings. The maximum atomic E-state index is 13.4. The summed E-state index contributed by atoms with van der Waals surface area (Å²) in [5, 5.41) is 8.86. The normalized spacial score (nSPS) is 11.6. The lowest BCUT2D eigenvalue weighted by Gasteiger charge is -2.09. The van der Waals surface area contributed by atoms with Gasteiger partial charge in [0.1, 0.15) is 22.3 Å². The van der Waals surface area contributed by atoms with Gasteiger partial charge in [-0.05, 0) is 38.8 Å². The molecule has 1 N–H and O–H groups in total. The third-order valence-corrected chi connectivity index (χ3v) is 4.19. The Morgan fingerprint density at radius 1 is 1.38 bits per heavy atom. The third kappa shape index (κ3) is 5.42. The summed E-state index contributed by atoms with van der Waals surface area (Å²) >= 11 is 0. The topological polar surface area (TPSA) is 79.2 Å². The number of hydrogen-bond donors (Lipinski definition) is 1. The summed E-state index contributed by atoms with van der Waals surface area (Å²) in [5.74, 6) is -0.842. The number of sulfonamides is 1. The van der Waals surface area contributed by atoms with Crippen molar-refractivity contribution in [3.8, 4) is 6.07 Å². The number of nitriles is 1. The Morgan fingerprint density at radius 3 is 2.71 bits per heavy atom. The van der Waals surface area contributed by atoms with Crippen molar-refractivity contribution in [1.82, 2.24) is 4.72 Å². The summed E-state index contributed by atoms with van der Waals surface area (Å²) in [6.45, 7) is 4.63. The van der Waals surface area contributed by atoms with Gasteiger partial charge in [0.05, 0.1) is 6.10 Å². The first-order valence-corrected chi connectivity index (χ1v) is 8.16. The molecule has 0 aliphatic carbocycles. The minimum atomic E-state index is -3.88. The molecule has 0 spiro atoms. The van der Waals surface area contributed by atoms with E-state index in [0.29, 0.717) is 13.0 Å².